The van der Waals surface area contributed by atoms with Gasteiger partial charge in [-0.25, -0.2) is 0 Å². The molecule has 0 saturated carbocycles. The molecule has 0 fully saturated rings. The molecule has 10 aromatic carbocycles. The average Bonchev–Trinajstić information content (AvgIpc) is 4.10. The zero-order chi connectivity index (χ0) is 41.9. The molecule has 1 unspecified atom stereocenters. The van der Waals surface area contributed by atoms with E-state index >= 15 is 0 Å². The van der Waals surface area contributed by atoms with E-state index in [1.807, 2.05) is 12.1 Å². The molecule has 2 aliphatic rings. The quantitative estimate of drug-likeness (QED) is 0.188. The summed E-state index contributed by atoms with van der Waals surface area (Å²) in [5, 5.41) is 4.81. The highest BCUT2D eigenvalue weighted by Gasteiger charge is 2.53. The van der Waals surface area contributed by atoms with E-state index in [2.05, 4.69) is 222 Å². The Kier molecular flexibility index (Phi) is 7.32. The fourth-order valence-corrected chi connectivity index (χ4v) is 11.4. The maximum Gasteiger partial charge on any atom is 0.135 e. The Balaban J connectivity index is 0.991. The molecule has 3 heteroatoms. The predicted molar refractivity (Wildman–Crippen MR) is 265 cm³/mol. The number of furan rings is 1. The number of hydrogen-bond acceptors (Lipinski definition) is 2. The summed E-state index contributed by atoms with van der Waals surface area (Å²) >= 11 is 0. The molecule has 0 amide bonds. The smallest absolute Gasteiger partial charge is 0.135 e. The number of nitrogens with one attached hydrogen (secondary N) is 1. The van der Waals surface area contributed by atoms with Crippen molar-refractivity contribution in [3.8, 4) is 44.5 Å². The molecule has 14 rings (SSSR count). The van der Waals surface area contributed by atoms with Crippen molar-refractivity contribution >= 4 is 60.8 Å². The summed E-state index contributed by atoms with van der Waals surface area (Å²) in [5.41, 5.74) is 22.1. The number of aromatic amines is 1. The van der Waals surface area contributed by atoms with E-state index in [1.165, 1.54) is 71.9 Å². The fourth-order valence-electron chi connectivity index (χ4n) is 11.4. The topological polar surface area (TPSA) is 32.2 Å². The van der Waals surface area contributed by atoms with Crippen LogP contribution in [0.4, 0.5) is 17.1 Å². The molecule has 1 N–H and O–H groups in total. The van der Waals surface area contributed by atoms with Gasteiger partial charge in [-0.1, -0.05) is 164 Å². The van der Waals surface area contributed by atoms with Gasteiger partial charge in [-0.3, -0.25) is 0 Å². The van der Waals surface area contributed by atoms with Crippen molar-refractivity contribution in [2.24, 2.45) is 0 Å². The third-order valence-corrected chi connectivity index (χ3v) is 14.0. The molecule has 2 heterocycles. The molecule has 0 bridgehead atoms. The molecule has 3 nitrogen and oxygen atoms in total. The number of anilines is 3. The summed E-state index contributed by atoms with van der Waals surface area (Å²) in [6.45, 7) is 0. The van der Waals surface area contributed by atoms with Crippen LogP contribution in [0.5, 0.6) is 0 Å². The number of rotatable bonds is 5. The lowest BCUT2D eigenvalue weighted by Crippen LogP contribution is -2.26. The van der Waals surface area contributed by atoms with E-state index in [9.17, 15) is 0 Å². The minimum atomic E-state index is -0.511. The van der Waals surface area contributed by atoms with Crippen molar-refractivity contribution in [2.45, 2.75) is 5.41 Å². The third-order valence-electron chi connectivity index (χ3n) is 14.0. The first kappa shape index (κ1) is 35.2. The van der Waals surface area contributed by atoms with Crippen LogP contribution >= 0.6 is 0 Å². The minimum Gasteiger partial charge on any atom is -0.456 e. The van der Waals surface area contributed by atoms with Gasteiger partial charge in [0.15, 0.2) is 0 Å². The van der Waals surface area contributed by atoms with E-state index in [0.717, 1.165) is 55.6 Å². The van der Waals surface area contributed by atoms with Crippen LogP contribution in [0.25, 0.3) is 88.3 Å². The van der Waals surface area contributed by atoms with Gasteiger partial charge < -0.3 is 14.3 Å². The Morgan fingerprint density at radius 1 is 0.359 bits per heavy atom. The number of para-hydroxylation sites is 2. The van der Waals surface area contributed by atoms with Gasteiger partial charge in [0.1, 0.15) is 11.2 Å². The van der Waals surface area contributed by atoms with E-state index in [0.29, 0.717) is 0 Å². The van der Waals surface area contributed by atoms with Crippen LogP contribution in [-0.4, -0.2) is 4.98 Å². The molecule has 0 aliphatic heterocycles. The summed E-state index contributed by atoms with van der Waals surface area (Å²) in [7, 11) is 0. The van der Waals surface area contributed by atoms with Gasteiger partial charge in [-0.15, -0.1) is 0 Å². The number of fused-ring (bicyclic) bond motifs is 17. The second-order valence-corrected chi connectivity index (χ2v) is 17.2. The molecule has 298 valence electrons. The van der Waals surface area contributed by atoms with Crippen LogP contribution in [0.1, 0.15) is 22.3 Å². The highest BCUT2D eigenvalue weighted by Crippen LogP contribution is 2.66. The first-order chi connectivity index (χ1) is 31.7. The van der Waals surface area contributed by atoms with Crippen molar-refractivity contribution in [3.05, 3.63) is 247 Å². The second-order valence-electron chi connectivity index (χ2n) is 17.2. The minimum absolute atomic E-state index is 0.511. The molecular weight excluding hydrogens is 777 g/mol. The SMILES string of the molecule is c1ccc(-c2ccc(N(c3ccc(-c4ccc5oc6ccccc6c5c4)cc3)c3cccc4c3-c3ccccc3C43c4ccccc4-c4c3ccc3[nH]c5ccccc5c43)cc2)cc1. The zero-order valence-corrected chi connectivity index (χ0v) is 34.7. The molecule has 0 saturated heterocycles. The number of H-pyrrole nitrogens is 1. The lowest BCUT2D eigenvalue weighted by molar-refractivity contribution is 0.669. The first-order valence-corrected chi connectivity index (χ1v) is 22.1. The summed E-state index contributed by atoms with van der Waals surface area (Å²) in [6.07, 6.45) is 0. The van der Waals surface area contributed by atoms with Crippen LogP contribution in [0, 0.1) is 0 Å². The van der Waals surface area contributed by atoms with Crippen LogP contribution in [-0.2, 0) is 5.41 Å². The van der Waals surface area contributed by atoms with Crippen molar-refractivity contribution in [2.75, 3.05) is 4.90 Å². The van der Waals surface area contributed by atoms with Crippen LogP contribution in [0.15, 0.2) is 229 Å². The molecule has 0 radical (unpaired) electrons. The molecule has 2 aromatic heterocycles. The molecule has 1 spiro atoms. The maximum atomic E-state index is 6.19. The Morgan fingerprint density at radius 2 is 0.922 bits per heavy atom. The van der Waals surface area contributed by atoms with Crippen LogP contribution < -0.4 is 4.90 Å². The van der Waals surface area contributed by atoms with Gasteiger partial charge in [-0.05, 0) is 122 Å². The second kappa shape index (κ2) is 13.3. The Morgan fingerprint density at radius 3 is 1.69 bits per heavy atom. The Labute approximate surface area is 370 Å². The Hall–Kier alpha value is -8.40. The van der Waals surface area contributed by atoms with Crippen molar-refractivity contribution < 1.29 is 4.42 Å². The summed E-state index contributed by atoms with van der Waals surface area (Å²) < 4.78 is 6.19. The van der Waals surface area contributed by atoms with Gasteiger partial charge in [0.25, 0.3) is 0 Å². The Bertz CT molecular complexity index is 3840. The van der Waals surface area contributed by atoms with Crippen molar-refractivity contribution in [1.82, 2.24) is 4.98 Å². The number of hydrogen-bond donors (Lipinski definition) is 1. The van der Waals surface area contributed by atoms with Gasteiger partial charge in [0.05, 0.1) is 11.1 Å². The van der Waals surface area contributed by atoms with E-state index < -0.39 is 5.41 Å². The number of benzene rings is 10. The van der Waals surface area contributed by atoms with Crippen molar-refractivity contribution in [1.29, 1.82) is 0 Å². The van der Waals surface area contributed by atoms with Gasteiger partial charge in [0, 0.05) is 49.5 Å². The standard InChI is InChI=1S/C61H38N2O/c1-2-13-38(14-3-1)39-25-30-42(31-26-39)63(43-32-27-40(28-33-43)41-29-36-57-48(37-41)44-15-7-11-24-56(44)64-57)55-23-12-21-51-58(55)45-16-4-8-19-49(45)61(51)50-20-9-5-17-46(50)59-52(61)34-35-54-60(59)47-18-6-10-22-53(47)62-54/h1-37,62H. The molecule has 2 aliphatic carbocycles. The van der Waals surface area contributed by atoms with Gasteiger partial charge >= 0.3 is 0 Å². The highest BCUT2D eigenvalue weighted by molar-refractivity contribution is 6.18. The normalized spacial score (nSPS) is 14.6. The van der Waals surface area contributed by atoms with E-state index in [1.54, 1.807) is 0 Å². The summed E-state index contributed by atoms with van der Waals surface area (Å²) in [5.74, 6) is 0. The average molecular weight is 815 g/mol. The summed E-state index contributed by atoms with van der Waals surface area (Å²) in [4.78, 5) is 6.21. The highest BCUT2D eigenvalue weighted by atomic mass is 16.3. The van der Waals surface area contributed by atoms with Crippen LogP contribution in [0.3, 0.4) is 0 Å². The summed E-state index contributed by atoms with van der Waals surface area (Å²) in [6, 6.07) is 82.3. The lowest BCUT2D eigenvalue weighted by atomic mass is 9.70. The third kappa shape index (κ3) is 4.81. The maximum absolute atomic E-state index is 6.19. The van der Waals surface area contributed by atoms with Gasteiger partial charge in [0.2, 0.25) is 0 Å². The zero-order valence-electron chi connectivity index (χ0n) is 34.7. The lowest BCUT2D eigenvalue weighted by Gasteiger charge is -2.32. The van der Waals surface area contributed by atoms with Crippen LogP contribution in [0.2, 0.25) is 0 Å². The van der Waals surface area contributed by atoms with Crippen molar-refractivity contribution in [3.63, 3.8) is 0 Å². The molecule has 1 atom stereocenters. The van der Waals surface area contributed by atoms with E-state index in [-0.39, 0.29) is 0 Å². The molecular formula is C61H38N2O. The number of aromatic nitrogens is 1. The first-order valence-electron chi connectivity index (χ1n) is 22.1. The fraction of sp³-hybridized carbons (Fsp3) is 0.0164. The van der Waals surface area contributed by atoms with Gasteiger partial charge in [-0.2, -0.15) is 0 Å². The molecule has 64 heavy (non-hydrogen) atoms. The monoisotopic (exact) mass is 814 g/mol. The number of nitrogens with zero attached hydrogens (tertiary/aromatic N) is 1. The molecule has 12 aromatic rings. The largest absolute Gasteiger partial charge is 0.456 e. The predicted octanol–water partition coefficient (Wildman–Crippen LogP) is 16.4. The van der Waals surface area contributed by atoms with E-state index in [4.69, 9.17) is 4.42 Å².